The van der Waals surface area contributed by atoms with Gasteiger partial charge in [0, 0.05) is 11.8 Å². The average Bonchev–Trinajstić information content (AvgIpc) is 3.02. The molecule has 1 nitrogen and oxygen atoms in total. The van der Waals surface area contributed by atoms with Gasteiger partial charge in [-0.3, -0.25) is 4.79 Å². The standard InChI is InChI=1S/C17H30O/c1-5-6-7-8-9-10-11-12-16(18)17(4)13-15(17)14(2)3/h6-7,14-15H,5,8-13H2,1-4H3/b7-6-/t15?,17-/m0/s1. The van der Waals surface area contributed by atoms with E-state index in [1.54, 1.807) is 0 Å². The second-order valence-electron chi connectivity index (χ2n) is 6.37. The van der Waals surface area contributed by atoms with Crippen molar-refractivity contribution in [2.45, 2.75) is 72.6 Å². The maximum atomic E-state index is 12.2. The summed E-state index contributed by atoms with van der Waals surface area (Å²) in [5.41, 5.74) is 0.0380. The zero-order valence-electron chi connectivity index (χ0n) is 12.7. The quantitative estimate of drug-likeness (QED) is 0.408. The van der Waals surface area contributed by atoms with E-state index in [0.717, 1.165) is 25.7 Å². The molecule has 2 atom stereocenters. The molecule has 1 saturated carbocycles. The smallest absolute Gasteiger partial charge is 0.139 e. The van der Waals surface area contributed by atoms with Gasteiger partial charge in [-0.2, -0.15) is 0 Å². The maximum absolute atomic E-state index is 12.2. The minimum Gasteiger partial charge on any atom is -0.299 e. The van der Waals surface area contributed by atoms with Crippen molar-refractivity contribution in [1.29, 1.82) is 0 Å². The SMILES string of the molecule is CC/C=C\CCCCCC(=O)[C@@]1(C)CC1C(C)C. The predicted octanol–water partition coefficient (Wildman–Crippen LogP) is 5.15. The van der Waals surface area contributed by atoms with Crippen LogP contribution >= 0.6 is 0 Å². The molecule has 1 aliphatic rings. The molecule has 1 unspecified atom stereocenters. The fourth-order valence-electron chi connectivity index (χ4n) is 2.98. The summed E-state index contributed by atoms with van der Waals surface area (Å²) >= 11 is 0. The molecular weight excluding hydrogens is 220 g/mol. The highest BCUT2D eigenvalue weighted by molar-refractivity contribution is 5.87. The van der Waals surface area contributed by atoms with Crippen LogP contribution < -0.4 is 0 Å². The van der Waals surface area contributed by atoms with Crippen molar-refractivity contribution in [3.05, 3.63) is 12.2 Å². The molecule has 0 heterocycles. The average molecular weight is 250 g/mol. The molecule has 0 amide bonds. The molecule has 1 aliphatic carbocycles. The molecule has 0 aromatic carbocycles. The first-order chi connectivity index (χ1) is 8.52. The van der Waals surface area contributed by atoms with Crippen molar-refractivity contribution in [3.8, 4) is 0 Å². The second-order valence-corrected chi connectivity index (χ2v) is 6.37. The molecule has 0 aromatic heterocycles. The molecule has 0 aromatic rings. The summed E-state index contributed by atoms with van der Waals surface area (Å²) in [6.45, 7) is 8.81. The number of carbonyl (C=O) groups excluding carboxylic acids is 1. The first-order valence-electron chi connectivity index (χ1n) is 7.70. The Bertz CT molecular complexity index is 290. The Hall–Kier alpha value is -0.590. The van der Waals surface area contributed by atoms with Crippen molar-refractivity contribution in [2.24, 2.45) is 17.3 Å². The van der Waals surface area contributed by atoms with Gasteiger partial charge in [-0.1, -0.05) is 46.3 Å². The summed E-state index contributed by atoms with van der Waals surface area (Å²) in [4.78, 5) is 12.2. The Morgan fingerprint density at radius 2 is 2.00 bits per heavy atom. The van der Waals surface area contributed by atoms with Gasteiger partial charge in [-0.25, -0.2) is 0 Å². The fourth-order valence-corrected chi connectivity index (χ4v) is 2.98. The number of allylic oxidation sites excluding steroid dienone is 2. The number of carbonyl (C=O) groups is 1. The molecular formula is C17H30O. The molecule has 0 aliphatic heterocycles. The molecule has 0 spiro atoms. The van der Waals surface area contributed by atoms with E-state index >= 15 is 0 Å². The molecule has 0 saturated heterocycles. The van der Waals surface area contributed by atoms with E-state index < -0.39 is 0 Å². The molecule has 0 radical (unpaired) electrons. The van der Waals surface area contributed by atoms with Gasteiger partial charge in [-0.15, -0.1) is 0 Å². The second kappa shape index (κ2) is 7.11. The van der Waals surface area contributed by atoms with E-state index in [4.69, 9.17) is 0 Å². The van der Waals surface area contributed by atoms with Gasteiger partial charge in [0.05, 0.1) is 0 Å². The van der Waals surface area contributed by atoms with E-state index in [2.05, 4.69) is 39.8 Å². The summed E-state index contributed by atoms with van der Waals surface area (Å²) in [7, 11) is 0. The van der Waals surface area contributed by atoms with Crippen LogP contribution in [-0.4, -0.2) is 5.78 Å². The number of ketones is 1. The third kappa shape index (κ3) is 4.26. The third-order valence-electron chi connectivity index (χ3n) is 4.42. The molecule has 1 fully saturated rings. The Labute approximate surface area is 113 Å². The monoisotopic (exact) mass is 250 g/mol. The molecule has 0 bridgehead atoms. The van der Waals surface area contributed by atoms with Crippen LogP contribution in [0.3, 0.4) is 0 Å². The number of hydrogen-bond donors (Lipinski definition) is 0. The summed E-state index contributed by atoms with van der Waals surface area (Å²) in [6, 6.07) is 0. The molecule has 1 heteroatoms. The summed E-state index contributed by atoms with van der Waals surface area (Å²) in [5.74, 6) is 1.83. The zero-order chi connectivity index (χ0) is 13.6. The van der Waals surface area contributed by atoms with Gasteiger partial charge in [0.2, 0.25) is 0 Å². The first-order valence-corrected chi connectivity index (χ1v) is 7.70. The lowest BCUT2D eigenvalue weighted by molar-refractivity contribution is -0.124. The van der Waals surface area contributed by atoms with Crippen LogP contribution in [0.4, 0.5) is 0 Å². The Balaban J connectivity index is 2.10. The minimum absolute atomic E-state index is 0.0380. The molecule has 18 heavy (non-hydrogen) atoms. The van der Waals surface area contributed by atoms with Crippen molar-refractivity contribution >= 4 is 5.78 Å². The van der Waals surface area contributed by atoms with Crippen LogP contribution in [0, 0.1) is 17.3 Å². The van der Waals surface area contributed by atoms with Crippen molar-refractivity contribution in [1.82, 2.24) is 0 Å². The van der Waals surface area contributed by atoms with Gasteiger partial charge in [0.15, 0.2) is 0 Å². The van der Waals surface area contributed by atoms with Gasteiger partial charge in [0.1, 0.15) is 5.78 Å². The van der Waals surface area contributed by atoms with Crippen LogP contribution in [0.2, 0.25) is 0 Å². The van der Waals surface area contributed by atoms with Gasteiger partial charge >= 0.3 is 0 Å². The largest absolute Gasteiger partial charge is 0.299 e. The number of rotatable bonds is 9. The molecule has 104 valence electrons. The van der Waals surface area contributed by atoms with Gasteiger partial charge < -0.3 is 0 Å². The van der Waals surface area contributed by atoms with E-state index in [1.807, 2.05) is 0 Å². The summed E-state index contributed by atoms with van der Waals surface area (Å²) < 4.78 is 0. The Kier molecular flexibility index (Phi) is 6.11. The molecule has 1 rings (SSSR count). The summed E-state index contributed by atoms with van der Waals surface area (Å²) in [6.07, 6.45) is 12.2. The van der Waals surface area contributed by atoms with E-state index in [-0.39, 0.29) is 5.41 Å². The van der Waals surface area contributed by atoms with Crippen LogP contribution in [0.5, 0.6) is 0 Å². The third-order valence-corrected chi connectivity index (χ3v) is 4.42. The Morgan fingerprint density at radius 1 is 1.28 bits per heavy atom. The van der Waals surface area contributed by atoms with Gasteiger partial charge in [0.25, 0.3) is 0 Å². The number of Topliss-reactive ketones (excluding diaryl/α,β-unsaturated/α-hetero) is 1. The number of unbranched alkanes of at least 4 members (excludes halogenated alkanes) is 3. The minimum atomic E-state index is 0.0380. The van der Waals surface area contributed by atoms with E-state index in [1.165, 1.54) is 19.3 Å². The van der Waals surface area contributed by atoms with Crippen LogP contribution in [0.1, 0.15) is 72.6 Å². The van der Waals surface area contributed by atoms with E-state index in [9.17, 15) is 4.79 Å². The Morgan fingerprint density at radius 3 is 2.56 bits per heavy atom. The highest BCUT2D eigenvalue weighted by Crippen LogP contribution is 2.57. The van der Waals surface area contributed by atoms with Crippen LogP contribution in [-0.2, 0) is 4.79 Å². The van der Waals surface area contributed by atoms with Gasteiger partial charge in [-0.05, 0) is 43.9 Å². The highest BCUT2D eigenvalue weighted by Gasteiger charge is 2.55. The van der Waals surface area contributed by atoms with Crippen molar-refractivity contribution in [2.75, 3.05) is 0 Å². The first kappa shape index (κ1) is 15.5. The van der Waals surface area contributed by atoms with Crippen molar-refractivity contribution < 1.29 is 4.79 Å². The maximum Gasteiger partial charge on any atom is 0.139 e. The highest BCUT2D eigenvalue weighted by atomic mass is 16.1. The summed E-state index contributed by atoms with van der Waals surface area (Å²) in [5, 5.41) is 0. The normalized spacial score (nSPS) is 27.1. The van der Waals surface area contributed by atoms with E-state index in [0.29, 0.717) is 17.6 Å². The molecule has 0 N–H and O–H groups in total. The zero-order valence-corrected chi connectivity index (χ0v) is 12.7. The number of hydrogen-bond acceptors (Lipinski definition) is 1. The fraction of sp³-hybridized carbons (Fsp3) is 0.824. The lowest BCUT2D eigenvalue weighted by Gasteiger charge is -2.12. The van der Waals surface area contributed by atoms with Crippen LogP contribution in [0.25, 0.3) is 0 Å². The lowest BCUT2D eigenvalue weighted by Crippen LogP contribution is -2.16. The predicted molar refractivity (Wildman–Crippen MR) is 78.6 cm³/mol. The lowest BCUT2D eigenvalue weighted by atomic mass is 9.92. The topological polar surface area (TPSA) is 17.1 Å². The van der Waals surface area contributed by atoms with Crippen LogP contribution in [0.15, 0.2) is 12.2 Å². The van der Waals surface area contributed by atoms with Crippen molar-refractivity contribution in [3.63, 3.8) is 0 Å².